The summed E-state index contributed by atoms with van der Waals surface area (Å²) in [5, 5.41) is 8.67. The van der Waals surface area contributed by atoms with Crippen LogP contribution in [-0.4, -0.2) is 41.1 Å². The molecule has 0 aromatic carbocycles. The van der Waals surface area contributed by atoms with E-state index in [1.807, 2.05) is 11.9 Å². The van der Waals surface area contributed by atoms with Crippen LogP contribution in [0.25, 0.3) is 0 Å². The van der Waals surface area contributed by atoms with Crippen LogP contribution in [-0.2, 0) is 4.79 Å². The molecule has 3 N–H and O–H groups in total. The number of piperidine rings is 1. The van der Waals surface area contributed by atoms with Crippen LogP contribution in [0.5, 0.6) is 0 Å². The second-order valence-corrected chi connectivity index (χ2v) is 2.83. The third kappa shape index (κ3) is 2.48. The summed E-state index contributed by atoms with van der Waals surface area (Å²) in [4.78, 5) is 12.4. The Morgan fingerprint density at radius 2 is 2.18 bits per heavy atom. The molecule has 4 heteroatoms. The van der Waals surface area contributed by atoms with Crippen molar-refractivity contribution in [3.8, 4) is 0 Å². The van der Waals surface area contributed by atoms with Crippen molar-refractivity contribution in [2.24, 2.45) is 0 Å². The number of aliphatic carboxylic acids is 1. The summed E-state index contributed by atoms with van der Waals surface area (Å²) in [7, 11) is 1.87. The molecule has 0 amide bonds. The average Bonchev–Trinajstić information content (AvgIpc) is 1.88. The van der Waals surface area contributed by atoms with Crippen LogP contribution in [0.3, 0.4) is 0 Å². The van der Waals surface area contributed by atoms with Gasteiger partial charge in [-0.25, -0.2) is 0 Å². The molecule has 0 saturated carbocycles. The molecule has 4 nitrogen and oxygen atoms in total. The summed E-state index contributed by atoms with van der Waals surface area (Å²) < 4.78 is 0. The van der Waals surface area contributed by atoms with Gasteiger partial charge in [0.05, 0.1) is 0 Å². The first-order valence-electron chi connectivity index (χ1n) is 3.65. The highest BCUT2D eigenvalue weighted by Gasteiger charge is 2.24. The Balaban J connectivity index is 0.000001000. The van der Waals surface area contributed by atoms with Crippen LogP contribution in [0.1, 0.15) is 19.3 Å². The lowest BCUT2D eigenvalue weighted by Gasteiger charge is -2.28. The van der Waals surface area contributed by atoms with E-state index in [1.165, 1.54) is 0 Å². The normalized spacial score (nSPS) is 25.7. The van der Waals surface area contributed by atoms with Crippen LogP contribution in [0, 0.1) is 0 Å². The van der Waals surface area contributed by atoms with Crippen molar-refractivity contribution in [1.29, 1.82) is 0 Å². The van der Waals surface area contributed by atoms with E-state index >= 15 is 0 Å². The number of carboxylic acids is 1. The minimum atomic E-state index is -0.679. The molecule has 1 aliphatic rings. The molecule has 1 saturated heterocycles. The Bertz CT molecular complexity index is 138. The lowest BCUT2D eigenvalue weighted by Crippen LogP contribution is -2.41. The minimum absolute atomic E-state index is 0. The van der Waals surface area contributed by atoms with E-state index in [1.54, 1.807) is 0 Å². The Hall–Kier alpha value is -0.610. The predicted octanol–water partition coefficient (Wildman–Crippen LogP) is -0.269. The molecule has 1 rings (SSSR count). The molecule has 66 valence electrons. The number of nitrogens with zero attached hydrogens (tertiary/aromatic N) is 1. The zero-order chi connectivity index (χ0) is 7.56. The van der Waals surface area contributed by atoms with Crippen molar-refractivity contribution in [3.63, 3.8) is 0 Å². The molecule has 0 spiro atoms. The van der Waals surface area contributed by atoms with E-state index in [0.29, 0.717) is 0 Å². The van der Waals surface area contributed by atoms with E-state index < -0.39 is 5.97 Å². The van der Waals surface area contributed by atoms with Gasteiger partial charge in [-0.05, 0) is 26.4 Å². The molecular weight excluding hydrogens is 146 g/mol. The van der Waals surface area contributed by atoms with Crippen molar-refractivity contribution in [2.45, 2.75) is 25.3 Å². The summed E-state index contributed by atoms with van der Waals surface area (Å²) in [6.07, 6.45) is 3.01. The van der Waals surface area contributed by atoms with Crippen LogP contribution < -0.4 is 0 Å². The van der Waals surface area contributed by atoms with Gasteiger partial charge in [-0.2, -0.15) is 0 Å². The topological polar surface area (TPSA) is 72.0 Å². The molecule has 0 bridgehead atoms. The van der Waals surface area contributed by atoms with E-state index in [-0.39, 0.29) is 11.5 Å². The van der Waals surface area contributed by atoms with Gasteiger partial charge in [0.2, 0.25) is 0 Å². The van der Waals surface area contributed by atoms with Crippen LogP contribution in [0.15, 0.2) is 0 Å². The number of carboxylic acid groups (broad SMARTS) is 1. The smallest absolute Gasteiger partial charge is 0.320 e. The fourth-order valence-electron chi connectivity index (χ4n) is 1.39. The molecule has 1 aliphatic heterocycles. The van der Waals surface area contributed by atoms with Crippen molar-refractivity contribution in [1.82, 2.24) is 4.90 Å². The number of likely N-dealkylation sites (tertiary alicyclic amines) is 1. The average molecular weight is 161 g/mol. The largest absolute Gasteiger partial charge is 0.480 e. The van der Waals surface area contributed by atoms with Gasteiger partial charge < -0.3 is 10.6 Å². The van der Waals surface area contributed by atoms with Gasteiger partial charge in [-0.15, -0.1) is 0 Å². The molecule has 1 unspecified atom stereocenters. The summed E-state index contributed by atoms with van der Waals surface area (Å²) in [5.41, 5.74) is 0. The van der Waals surface area contributed by atoms with Crippen LogP contribution in [0.2, 0.25) is 0 Å². The van der Waals surface area contributed by atoms with Gasteiger partial charge in [0.25, 0.3) is 0 Å². The molecule has 11 heavy (non-hydrogen) atoms. The number of hydrogen-bond donors (Lipinski definition) is 1. The maximum atomic E-state index is 10.5. The van der Waals surface area contributed by atoms with E-state index in [4.69, 9.17) is 5.11 Å². The monoisotopic (exact) mass is 161 g/mol. The lowest BCUT2D eigenvalue weighted by molar-refractivity contribution is -0.143. The Kier molecular flexibility index (Phi) is 4.07. The second-order valence-electron chi connectivity index (χ2n) is 2.83. The first-order chi connectivity index (χ1) is 4.72. The standard InChI is InChI=1S/C7H13NO2.H2O/c1-8-5-3-2-4-6(8)7(9)10;/h6H,2-5H2,1H3,(H,9,10);1H2. The van der Waals surface area contributed by atoms with Gasteiger partial charge in [-0.1, -0.05) is 6.42 Å². The third-order valence-electron chi connectivity index (χ3n) is 2.06. The summed E-state index contributed by atoms with van der Waals surface area (Å²) in [6, 6.07) is -0.228. The number of likely N-dealkylation sites (N-methyl/N-ethyl adjacent to an activating group) is 1. The highest BCUT2D eigenvalue weighted by Crippen LogP contribution is 2.14. The van der Waals surface area contributed by atoms with Crippen LogP contribution >= 0.6 is 0 Å². The number of hydrogen-bond acceptors (Lipinski definition) is 2. The van der Waals surface area contributed by atoms with Gasteiger partial charge in [0, 0.05) is 0 Å². The van der Waals surface area contributed by atoms with Gasteiger partial charge >= 0.3 is 5.97 Å². The maximum Gasteiger partial charge on any atom is 0.320 e. The zero-order valence-electron chi connectivity index (χ0n) is 6.71. The molecule has 1 heterocycles. The molecular formula is C7H15NO3. The molecule has 0 aromatic heterocycles. The van der Waals surface area contributed by atoms with Crippen molar-refractivity contribution in [2.75, 3.05) is 13.6 Å². The fourth-order valence-corrected chi connectivity index (χ4v) is 1.39. The van der Waals surface area contributed by atoms with Gasteiger partial charge in [-0.3, -0.25) is 9.69 Å². The Morgan fingerprint density at radius 1 is 1.55 bits per heavy atom. The summed E-state index contributed by atoms with van der Waals surface area (Å²) in [6.45, 7) is 0.928. The number of rotatable bonds is 1. The summed E-state index contributed by atoms with van der Waals surface area (Å²) >= 11 is 0. The quantitative estimate of drug-likeness (QED) is 0.575. The van der Waals surface area contributed by atoms with Gasteiger partial charge in [0.15, 0.2) is 0 Å². The first kappa shape index (κ1) is 10.4. The molecule has 1 atom stereocenters. The highest BCUT2D eigenvalue weighted by atomic mass is 16.4. The van der Waals surface area contributed by atoms with Crippen molar-refractivity contribution < 1.29 is 15.4 Å². The fraction of sp³-hybridized carbons (Fsp3) is 0.857. The summed E-state index contributed by atoms with van der Waals surface area (Å²) in [5.74, 6) is -0.679. The highest BCUT2D eigenvalue weighted by molar-refractivity contribution is 5.73. The van der Waals surface area contributed by atoms with Crippen molar-refractivity contribution >= 4 is 5.97 Å². The first-order valence-corrected chi connectivity index (χ1v) is 3.65. The maximum absolute atomic E-state index is 10.5. The van der Waals surface area contributed by atoms with E-state index in [9.17, 15) is 4.79 Å². The Morgan fingerprint density at radius 3 is 2.55 bits per heavy atom. The predicted molar refractivity (Wildman–Crippen MR) is 41.5 cm³/mol. The molecule has 1 fully saturated rings. The number of carbonyl (C=O) groups is 1. The third-order valence-corrected chi connectivity index (χ3v) is 2.06. The minimum Gasteiger partial charge on any atom is -0.480 e. The SMILES string of the molecule is CN1CCCCC1C(=O)O.O. The molecule has 0 aliphatic carbocycles. The second kappa shape index (κ2) is 4.31. The van der Waals surface area contributed by atoms with Gasteiger partial charge in [0.1, 0.15) is 6.04 Å². The molecule has 0 radical (unpaired) electrons. The Labute approximate surface area is 66.1 Å². The van der Waals surface area contributed by atoms with Crippen molar-refractivity contribution in [3.05, 3.63) is 0 Å². The van der Waals surface area contributed by atoms with E-state index in [2.05, 4.69) is 0 Å². The molecule has 0 aromatic rings. The van der Waals surface area contributed by atoms with E-state index in [0.717, 1.165) is 25.8 Å². The lowest BCUT2D eigenvalue weighted by atomic mass is 10.0. The van der Waals surface area contributed by atoms with Crippen LogP contribution in [0.4, 0.5) is 0 Å². The zero-order valence-corrected chi connectivity index (χ0v) is 6.71.